The number of amides is 1. The molecule has 88 valence electrons. The average Bonchev–Trinajstić information content (AvgIpc) is 2.65. The number of rotatable bonds is 3. The third kappa shape index (κ3) is 2.31. The number of aromatic nitrogens is 2. The van der Waals surface area contributed by atoms with Gasteiger partial charge in [0.25, 0.3) is 5.91 Å². The van der Waals surface area contributed by atoms with E-state index in [0.29, 0.717) is 10.7 Å². The van der Waals surface area contributed by atoms with Crippen molar-refractivity contribution < 1.29 is 4.79 Å². The molecule has 0 unspecified atom stereocenters. The zero-order valence-corrected chi connectivity index (χ0v) is 10.2. The minimum Gasteiger partial charge on any atom is -0.346 e. The minimum atomic E-state index is -0.247. The van der Waals surface area contributed by atoms with Crippen LogP contribution in [0.25, 0.3) is 10.9 Å². The first-order valence-corrected chi connectivity index (χ1v) is 5.50. The molecule has 0 fully saturated rings. The fourth-order valence-electron chi connectivity index (χ4n) is 1.64. The van der Waals surface area contributed by atoms with Crippen LogP contribution in [-0.4, -0.2) is 22.2 Å². The van der Waals surface area contributed by atoms with Crippen LogP contribution in [-0.2, 0) is 7.05 Å². The molecule has 1 aromatic heterocycles. The predicted octanol–water partition coefficient (Wildman–Crippen LogP) is 2.06. The lowest BCUT2D eigenvalue weighted by molar-refractivity contribution is 0.0953. The molecule has 0 aliphatic heterocycles. The van der Waals surface area contributed by atoms with Crippen LogP contribution < -0.4 is 5.32 Å². The molecule has 0 radical (unpaired) electrons. The molecule has 0 saturated heterocycles. The molecule has 1 heterocycles. The minimum absolute atomic E-state index is 0.241. The van der Waals surface area contributed by atoms with Crippen LogP contribution in [0.5, 0.6) is 0 Å². The van der Waals surface area contributed by atoms with Crippen LogP contribution in [0, 0.1) is 0 Å². The zero-order valence-electron chi connectivity index (χ0n) is 9.40. The largest absolute Gasteiger partial charge is 0.346 e. The van der Waals surface area contributed by atoms with E-state index in [4.69, 9.17) is 11.6 Å². The maximum absolute atomic E-state index is 11.9. The molecule has 1 aromatic carbocycles. The Balaban J connectivity index is 2.35. The zero-order chi connectivity index (χ0) is 12.4. The van der Waals surface area contributed by atoms with E-state index in [0.717, 1.165) is 10.9 Å². The van der Waals surface area contributed by atoms with E-state index < -0.39 is 0 Å². The first-order valence-electron chi connectivity index (χ1n) is 5.13. The summed E-state index contributed by atoms with van der Waals surface area (Å²) in [5, 5.41) is 8.07. The fourth-order valence-corrected chi connectivity index (χ4v) is 1.71. The Morgan fingerprint density at radius 3 is 2.94 bits per heavy atom. The molecule has 0 aliphatic rings. The standard InChI is InChI=1S/C12H12ClN3O/c1-8(13)7-14-12(17)11-9-5-3-4-6-10(9)16(2)15-11/h3-6H,1,7H2,2H3,(H,14,17). The van der Waals surface area contributed by atoms with Crippen molar-refractivity contribution in [3.8, 4) is 0 Å². The summed E-state index contributed by atoms with van der Waals surface area (Å²) in [6.45, 7) is 3.75. The molecular weight excluding hydrogens is 238 g/mol. The highest BCUT2D eigenvalue weighted by Crippen LogP contribution is 2.17. The third-order valence-electron chi connectivity index (χ3n) is 2.41. The lowest BCUT2D eigenvalue weighted by atomic mass is 10.2. The predicted molar refractivity (Wildman–Crippen MR) is 68.0 cm³/mol. The molecule has 0 atom stereocenters. The SMILES string of the molecule is C=C(Cl)CNC(=O)c1nn(C)c2ccccc12. The Labute approximate surface area is 104 Å². The molecule has 1 N–H and O–H groups in total. The van der Waals surface area contributed by atoms with E-state index in [1.54, 1.807) is 11.7 Å². The van der Waals surface area contributed by atoms with Gasteiger partial charge in [-0.3, -0.25) is 9.48 Å². The lowest BCUT2D eigenvalue weighted by Crippen LogP contribution is -2.25. The topological polar surface area (TPSA) is 46.9 Å². The van der Waals surface area contributed by atoms with E-state index in [2.05, 4.69) is 17.0 Å². The fraction of sp³-hybridized carbons (Fsp3) is 0.167. The van der Waals surface area contributed by atoms with Gasteiger partial charge in [-0.25, -0.2) is 0 Å². The second-order valence-corrected chi connectivity index (χ2v) is 4.22. The molecule has 2 aromatic rings. The number of nitrogens with zero attached hydrogens (tertiary/aromatic N) is 2. The number of fused-ring (bicyclic) bond motifs is 1. The first-order chi connectivity index (χ1) is 8.09. The van der Waals surface area contributed by atoms with Crippen molar-refractivity contribution in [2.45, 2.75) is 0 Å². The Morgan fingerprint density at radius 1 is 1.53 bits per heavy atom. The van der Waals surface area contributed by atoms with Crippen LogP contribution in [0.15, 0.2) is 35.9 Å². The van der Waals surface area contributed by atoms with Crippen molar-refractivity contribution in [2.75, 3.05) is 6.54 Å². The van der Waals surface area contributed by atoms with Crippen molar-refractivity contribution in [3.63, 3.8) is 0 Å². The number of hydrogen-bond acceptors (Lipinski definition) is 2. The van der Waals surface area contributed by atoms with Crippen molar-refractivity contribution >= 4 is 28.4 Å². The number of para-hydroxylation sites is 1. The summed E-state index contributed by atoms with van der Waals surface area (Å²) >= 11 is 5.60. The number of benzene rings is 1. The smallest absolute Gasteiger partial charge is 0.272 e. The molecule has 0 bridgehead atoms. The number of carbonyl (C=O) groups is 1. The van der Waals surface area contributed by atoms with E-state index in [9.17, 15) is 4.79 Å². The number of aryl methyl sites for hydroxylation is 1. The Morgan fingerprint density at radius 2 is 2.24 bits per heavy atom. The van der Waals surface area contributed by atoms with Gasteiger partial charge in [0.05, 0.1) is 12.1 Å². The van der Waals surface area contributed by atoms with E-state index >= 15 is 0 Å². The molecule has 5 heteroatoms. The molecule has 1 amide bonds. The molecule has 2 rings (SSSR count). The van der Waals surface area contributed by atoms with Crippen LogP contribution in [0.4, 0.5) is 0 Å². The van der Waals surface area contributed by atoms with Crippen molar-refractivity contribution in [1.29, 1.82) is 0 Å². The van der Waals surface area contributed by atoms with Gasteiger partial charge < -0.3 is 5.32 Å². The Bertz CT molecular complexity index is 588. The van der Waals surface area contributed by atoms with Gasteiger partial charge in [-0.05, 0) is 6.07 Å². The van der Waals surface area contributed by atoms with Crippen LogP contribution >= 0.6 is 11.6 Å². The third-order valence-corrected chi connectivity index (χ3v) is 2.55. The van der Waals surface area contributed by atoms with E-state index in [1.807, 2.05) is 24.3 Å². The number of carbonyl (C=O) groups excluding carboxylic acids is 1. The van der Waals surface area contributed by atoms with Gasteiger partial charge in [-0.2, -0.15) is 5.10 Å². The van der Waals surface area contributed by atoms with Gasteiger partial charge in [-0.1, -0.05) is 36.4 Å². The van der Waals surface area contributed by atoms with Crippen molar-refractivity contribution in [3.05, 3.63) is 41.6 Å². The second-order valence-electron chi connectivity index (χ2n) is 3.69. The first kappa shape index (κ1) is 11.7. The molecular formula is C12H12ClN3O. The Kier molecular flexibility index (Phi) is 3.15. The number of hydrogen-bond donors (Lipinski definition) is 1. The highest BCUT2D eigenvalue weighted by molar-refractivity contribution is 6.29. The van der Waals surface area contributed by atoms with Gasteiger partial charge in [0.15, 0.2) is 5.69 Å². The monoisotopic (exact) mass is 249 g/mol. The van der Waals surface area contributed by atoms with Gasteiger partial charge in [-0.15, -0.1) is 0 Å². The van der Waals surface area contributed by atoms with Gasteiger partial charge in [0.1, 0.15) is 0 Å². The lowest BCUT2D eigenvalue weighted by Gasteiger charge is -2.00. The summed E-state index contributed by atoms with van der Waals surface area (Å²) in [7, 11) is 1.81. The maximum Gasteiger partial charge on any atom is 0.272 e. The van der Waals surface area contributed by atoms with Crippen molar-refractivity contribution in [1.82, 2.24) is 15.1 Å². The summed E-state index contributed by atoms with van der Waals surface area (Å²) in [6.07, 6.45) is 0. The quantitative estimate of drug-likeness (QED) is 0.905. The van der Waals surface area contributed by atoms with Crippen LogP contribution in [0.3, 0.4) is 0 Å². The highest BCUT2D eigenvalue weighted by atomic mass is 35.5. The van der Waals surface area contributed by atoms with Gasteiger partial charge in [0.2, 0.25) is 0 Å². The number of halogens is 1. The van der Waals surface area contributed by atoms with Gasteiger partial charge >= 0.3 is 0 Å². The summed E-state index contributed by atoms with van der Waals surface area (Å²) in [5.74, 6) is -0.247. The maximum atomic E-state index is 11.9. The molecule has 17 heavy (non-hydrogen) atoms. The average molecular weight is 250 g/mol. The molecule has 0 spiro atoms. The summed E-state index contributed by atoms with van der Waals surface area (Å²) in [6, 6.07) is 7.57. The summed E-state index contributed by atoms with van der Waals surface area (Å²) in [4.78, 5) is 11.9. The summed E-state index contributed by atoms with van der Waals surface area (Å²) in [5.41, 5.74) is 1.32. The number of nitrogens with one attached hydrogen (secondary N) is 1. The molecule has 0 aliphatic carbocycles. The second kappa shape index (κ2) is 4.59. The molecule has 0 saturated carbocycles. The van der Waals surface area contributed by atoms with Crippen molar-refractivity contribution in [2.24, 2.45) is 7.05 Å². The normalized spacial score (nSPS) is 10.5. The molecule has 4 nitrogen and oxygen atoms in total. The summed E-state index contributed by atoms with van der Waals surface area (Å²) < 4.78 is 1.68. The Hall–Kier alpha value is -1.81. The van der Waals surface area contributed by atoms with E-state index in [-0.39, 0.29) is 12.5 Å². The van der Waals surface area contributed by atoms with Gasteiger partial charge in [0, 0.05) is 17.5 Å². The van der Waals surface area contributed by atoms with Crippen LogP contribution in [0.1, 0.15) is 10.5 Å². The highest BCUT2D eigenvalue weighted by Gasteiger charge is 2.14. The van der Waals surface area contributed by atoms with E-state index in [1.165, 1.54) is 0 Å². The van der Waals surface area contributed by atoms with Crippen LogP contribution in [0.2, 0.25) is 0 Å².